The van der Waals surface area contributed by atoms with Gasteiger partial charge in [-0.05, 0) is 50.1 Å². The van der Waals surface area contributed by atoms with Crippen molar-refractivity contribution in [3.05, 3.63) is 82.3 Å². The summed E-state index contributed by atoms with van der Waals surface area (Å²) >= 11 is 6.02. The Morgan fingerprint density at radius 2 is 1.63 bits per heavy atom. The van der Waals surface area contributed by atoms with Crippen LogP contribution >= 0.6 is 11.6 Å². The fourth-order valence-electron chi connectivity index (χ4n) is 3.05. The van der Waals surface area contributed by atoms with Crippen molar-refractivity contribution in [2.45, 2.75) is 45.6 Å². The molecule has 3 aromatic rings. The molecule has 0 saturated heterocycles. The van der Waals surface area contributed by atoms with Crippen LogP contribution in [0.15, 0.2) is 54.9 Å². The van der Waals surface area contributed by atoms with E-state index in [0.29, 0.717) is 6.20 Å². The Bertz CT molecular complexity index is 1200. The Labute approximate surface area is 205 Å². The van der Waals surface area contributed by atoms with Gasteiger partial charge < -0.3 is 15.4 Å². The first-order valence-corrected chi connectivity index (χ1v) is 10.9. The van der Waals surface area contributed by atoms with Gasteiger partial charge in [-0.15, -0.1) is 0 Å². The number of ether oxygens (including phenoxy) is 1. The first kappa shape index (κ1) is 26.1. The maximum atomic E-state index is 12.9. The van der Waals surface area contributed by atoms with Crippen LogP contribution in [0.25, 0.3) is 5.82 Å². The lowest BCUT2D eigenvalue weighted by molar-refractivity contribution is -0.137. The van der Waals surface area contributed by atoms with Crippen LogP contribution in [-0.4, -0.2) is 27.2 Å². The number of nitrogens with one attached hydrogen (secondary N) is 2. The Kier molecular flexibility index (Phi) is 7.74. The summed E-state index contributed by atoms with van der Waals surface area (Å²) in [7, 11) is 0. The third-order valence-electron chi connectivity index (χ3n) is 4.67. The number of hydrogen-bond donors (Lipinski definition) is 2. The number of amides is 2. The molecule has 0 aliphatic rings. The minimum absolute atomic E-state index is 0.0108. The molecule has 2 heterocycles. The Hall–Kier alpha value is -3.53. The third-order valence-corrected chi connectivity index (χ3v) is 4.95. The maximum absolute atomic E-state index is 12.9. The first-order valence-electron chi connectivity index (χ1n) is 10.6. The van der Waals surface area contributed by atoms with Crippen LogP contribution in [0.5, 0.6) is 0 Å². The topological polar surface area (TPSA) is 85.3 Å². The zero-order valence-corrected chi connectivity index (χ0v) is 20.0. The summed E-state index contributed by atoms with van der Waals surface area (Å²) in [4.78, 5) is 28.3. The minimum Gasteiger partial charge on any atom is -0.444 e. The third kappa shape index (κ3) is 7.22. The second kappa shape index (κ2) is 10.4. The number of halogens is 4. The minimum atomic E-state index is -4.58. The van der Waals surface area contributed by atoms with E-state index in [0.717, 1.165) is 17.2 Å². The van der Waals surface area contributed by atoms with Gasteiger partial charge in [0.15, 0.2) is 5.82 Å². The summed E-state index contributed by atoms with van der Waals surface area (Å²) in [6.45, 7) is 5.83. The van der Waals surface area contributed by atoms with Gasteiger partial charge in [0.2, 0.25) is 0 Å². The summed E-state index contributed by atoms with van der Waals surface area (Å²) in [6, 6.07) is 11.1. The van der Waals surface area contributed by atoms with Crippen molar-refractivity contribution < 1.29 is 27.5 Å². The summed E-state index contributed by atoms with van der Waals surface area (Å²) in [5.41, 5.74) is 0.261. The number of pyridine rings is 1. The molecule has 2 amide bonds. The highest BCUT2D eigenvalue weighted by atomic mass is 35.5. The largest absolute Gasteiger partial charge is 0.444 e. The lowest BCUT2D eigenvalue weighted by atomic mass is 10.1. The molecule has 0 aliphatic heterocycles. The molecule has 0 radical (unpaired) electrons. The normalized spacial score (nSPS) is 11.7. The number of carbonyl (C=O) groups is 2. The first-order chi connectivity index (χ1) is 16.3. The van der Waals surface area contributed by atoms with E-state index in [1.165, 1.54) is 16.8 Å². The number of aromatic nitrogens is 2. The van der Waals surface area contributed by atoms with Crippen molar-refractivity contribution in [1.82, 2.24) is 20.2 Å². The van der Waals surface area contributed by atoms with Crippen LogP contribution < -0.4 is 10.6 Å². The molecular formula is C24H24ClF3N4O3. The Balaban J connectivity index is 1.60. The van der Waals surface area contributed by atoms with Crippen LogP contribution in [0, 0.1) is 0 Å². The predicted octanol–water partition coefficient (Wildman–Crippen LogP) is 5.50. The molecule has 2 aromatic heterocycles. The van der Waals surface area contributed by atoms with Crippen LogP contribution in [0.2, 0.25) is 5.02 Å². The van der Waals surface area contributed by atoms with E-state index >= 15 is 0 Å². The lowest BCUT2D eigenvalue weighted by Crippen LogP contribution is -2.32. The molecule has 0 spiro atoms. The summed E-state index contributed by atoms with van der Waals surface area (Å²) in [5, 5.41) is 5.20. The van der Waals surface area contributed by atoms with Gasteiger partial charge in [0.1, 0.15) is 11.3 Å². The molecule has 0 fully saturated rings. The smallest absolute Gasteiger partial charge is 0.417 e. The van der Waals surface area contributed by atoms with Crippen molar-refractivity contribution >= 4 is 23.6 Å². The van der Waals surface area contributed by atoms with E-state index in [9.17, 15) is 22.8 Å². The summed E-state index contributed by atoms with van der Waals surface area (Å²) in [6.07, 6.45) is -2.93. The van der Waals surface area contributed by atoms with E-state index in [4.69, 9.17) is 16.3 Å². The van der Waals surface area contributed by atoms with Crippen molar-refractivity contribution in [1.29, 1.82) is 0 Å². The van der Waals surface area contributed by atoms with Crippen molar-refractivity contribution in [2.75, 3.05) is 0 Å². The number of alkyl carbamates (subject to hydrolysis) is 1. The second-order valence-electron chi connectivity index (χ2n) is 8.65. The predicted molar refractivity (Wildman–Crippen MR) is 124 cm³/mol. The second-order valence-corrected chi connectivity index (χ2v) is 9.05. The fourth-order valence-corrected chi connectivity index (χ4v) is 3.31. The zero-order valence-electron chi connectivity index (χ0n) is 19.2. The highest BCUT2D eigenvalue weighted by molar-refractivity contribution is 6.32. The number of alkyl halides is 3. The zero-order chi connectivity index (χ0) is 25.8. The standard InChI is InChI=1S/C24H24ClF3N4O3/c1-23(2,3)35-22(34)31-13-16-8-6-15(7-9-16)12-30-21(33)19-5-4-10-32(19)20-18(25)11-17(14-29-20)24(26,27)28/h4-11,14H,12-13H2,1-3H3,(H,30,33)(H,31,34). The molecule has 0 unspecified atom stereocenters. The highest BCUT2D eigenvalue weighted by Gasteiger charge is 2.32. The van der Waals surface area contributed by atoms with Crippen LogP contribution in [-0.2, 0) is 24.0 Å². The number of carbonyl (C=O) groups excluding carboxylic acids is 2. The van der Waals surface area contributed by atoms with Gasteiger partial charge in [0.25, 0.3) is 5.91 Å². The maximum Gasteiger partial charge on any atom is 0.417 e. The molecule has 0 atom stereocenters. The lowest BCUT2D eigenvalue weighted by Gasteiger charge is -2.19. The summed E-state index contributed by atoms with van der Waals surface area (Å²) < 4.78 is 45.2. The number of rotatable bonds is 6. The SMILES string of the molecule is CC(C)(C)OC(=O)NCc1ccc(CNC(=O)c2cccn2-c2ncc(C(F)(F)F)cc2Cl)cc1. The van der Waals surface area contributed by atoms with Gasteiger partial charge in [-0.1, -0.05) is 35.9 Å². The van der Waals surface area contributed by atoms with E-state index in [2.05, 4.69) is 15.6 Å². The average Bonchev–Trinajstić information content (AvgIpc) is 3.24. The molecule has 0 aliphatic carbocycles. The number of nitrogens with zero attached hydrogens (tertiary/aromatic N) is 2. The monoisotopic (exact) mass is 508 g/mol. The van der Waals surface area contributed by atoms with Crippen molar-refractivity contribution in [3.8, 4) is 5.82 Å². The fraction of sp³-hybridized carbons (Fsp3) is 0.292. The van der Waals surface area contributed by atoms with Gasteiger partial charge in [0.05, 0.1) is 10.6 Å². The average molecular weight is 509 g/mol. The molecule has 11 heteroatoms. The number of hydrogen-bond acceptors (Lipinski definition) is 4. The van der Waals surface area contributed by atoms with E-state index in [1.54, 1.807) is 39.0 Å². The van der Waals surface area contributed by atoms with Crippen LogP contribution in [0.1, 0.15) is 48.0 Å². The van der Waals surface area contributed by atoms with Crippen molar-refractivity contribution in [3.63, 3.8) is 0 Å². The number of benzene rings is 1. The molecular weight excluding hydrogens is 485 g/mol. The van der Waals surface area contributed by atoms with Crippen molar-refractivity contribution in [2.24, 2.45) is 0 Å². The molecule has 3 rings (SSSR count). The molecule has 0 saturated carbocycles. The molecule has 35 heavy (non-hydrogen) atoms. The van der Waals surface area contributed by atoms with Gasteiger partial charge in [0, 0.05) is 25.5 Å². The Morgan fingerprint density at radius 1 is 1.03 bits per heavy atom. The van der Waals surface area contributed by atoms with Gasteiger partial charge in [-0.25, -0.2) is 9.78 Å². The Morgan fingerprint density at radius 3 is 2.17 bits per heavy atom. The molecule has 2 N–H and O–H groups in total. The molecule has 1 aromatic carbocycles. The summed E-state index contributed by atoms with van der Waals surface area (Å²) in [5.74, 6) is -0.444. The van der Waals surface area contributed by atoms with Crippen LogP contribution in [0.4, 0.5) is 18.0 Å². The quantitative estimate of drug-likeness (QED) is 0.460. The van der Waals surface area contributed by atoms with Crippen LogP contribution in [0.3, 0.4) is 0 Å². The molecule has 7 nitrogen and oxygen atoms in total. The van der Waals surface area contributed by atoms with E-state index in [-0.39, 0.29) is 29.6 Å². The van der Waals surface area contributed by atoms with E-state index < -0.39 is 29.3 Å². The van der Waals surface area contributed by atoms with Gasteiger partial charge in [-0.3, -0.25) is 9.36 Å². The van der Waals surface area contributed by atoms with Gasteiger partial charge in [-0.2, -0.15) is 13.2 Å². The van der Waals surface area contributed by atoms with Gasteiger partial charge >= 0.3 is 12.3 Å². The highest BCUT2D eigenvalue weighted by Crippen LogP contribution is 2.32. The molecule has 186 valence electrons. The molecule has 0 bridgehead atoms. The van der Waals surface area contributed by atoms with E-state index in [1.807, 2.05) is 12.1 Å².